The van der Waals surface area contributed by atoms with Gasteiger partial charge in [0, 0.05) is 0 Å². The van der Waals surface area contributed by atoms with Gasteiger partial charge in [0.1, 0.15) is 23.1 Å². The maximum Gasteiger partial charge on any atom is 0.128 e. The fourth-order valence-electron chi connectivity index (χ4n) is 1.72. The number of halogens is 3. The SMILES string of the molecule is CC(C)(Cl)N1OC=C(Cl)C1c1ccc(F)cc1. The van der Waals surface area contributed by atoms with Crippen molar-refractivity contribution in [2.75, 3.05) is 0 Å². The zero-order valence-electron chi connectivity index (χ0n) is 9.45. The average Bonchev–Trinajstić information content (AvgIpc) is 2.61. The van der Waals surface area contributed by atoms with Crippen LogP contribution in [0.2, 0.25) is 0 Å². The van der Waals surface area contributed by atoms with Crippen LogP contribution in [-0.2, 0) is 4.84 Å². The number of rotatable bonds is 2. The van der Waals surface area contributed by atoms with Gasteiger partial charge in [0.2, 0.25) is 0 Å². The van der Waals surface area contributed by atoms with Crippen molar-refractivity contribution in [1.29, 1.82) is 0 Å². The molecule has 1 atom stereocenters. The topological polar surface area (TPSA) is 12.5 Å². The minimum Gasteiger partial charge on any atom is -0.410 e. The first-order chi connectivity index (χ1) is 7.89. The van der Waals surface area contributed by atoms with Gasteiger partial charge in [0.05, 0.1) is 5.03 Å². The van der Waals surface area contributed by atoms with Crippen molar-refractivity contribution in [2.45, 2.75) is 24.9 Å². The Hall–Kier alpha value is -0.770. The summed E-state index contributed by atoms with van der Waals surface area (Å²) < 4.78 is 12.9. The molecule has 2 rings (SSSR count). The second kappa shape index (κ2) is 4.48. The lowest BCUT2D eigenvalue weighted by atomic mass is 10.1. The first-order valence-electron chi connectivity index (χ1n) is 5.15. The Balaban J connectivity index is 2.34. The van der Waals surface area contributed by atoms with Crippen LogP contribution in [0, 0.1) is 5.82 Å². The van der Waals surface area contributed by atoms with E-state index < -0.39 is 5.00 Å². The van der Waals surface area contributed by atoms with Crippen LogP contribution in [-0.4, -0.2) is 10.1 Å². The van der Waals surface area contributed by atoms with Gasteiger partial charge in [-0.05, 0) is 31.5 Å². The van der Waals surface area contributed by atoms with E-state index in [1.54, 1.807) is 31.0 Å². The molecule has 0 saturated carbocycles. The standard InChI is InChI=1S/C12H12Cl2FNO/c1-12(2,14)16-11(10(13)7-17-16)8-3-5-9(15)6-4-8/h3-7,11H,1-2H3. The highest BCUT2D eigenvalue weighted by atomic mass is 35.5. The first-order valence-corrected chi connectivity index (χ1v) is 5.91. The van der Waals surface area contributed by atoms with Crippen molar-refractivity contribution < 1.29 is 9.23 Å². The molecule has 0 radical (unpaired) electrons. The zero-order valence-corrected chi connectivity index (χ0v) is 11.0. The van der Waals surface area contributed by atoms with Crippen molar-refractivity contribution in [3.05, 3.63) is 46.9 Å². The number of nitrogens with zero attached hydrogens (tertiary/aromatic N) is 1. The Morgan fingerprint density at radius 3 is 2.41 bits per heavy atom. The Bertz CT molecular complexity index is 439. The summed E-state index contributed by atoms with van der Waals surface area (Å²) in [6.07, 6.45) is 1.44. The van der Waals surface area contributed by atoms with Gasteiger partial charge in [0.15, 0.2) is 0 Å². The summed E-state index contributed by atoms with van der Waals surface area (Å²) >= 11 is 12.3. The van der Waals surface area contributed by atoms with Crippen LogP contribution in [0.3, 0.4) is 0 Å². The summed E-state index contributed by atoms with van der Waals surface area (Å²) in [6.45, 7) is 3.60. The predicted octanol–water partition coefficient (Wildman–Crippen LogP) is 4.17. The molecule has 92 valence electrons. The van der Waals surface area contributed by atoms with Crippen molar-refractivity contribution in [1.82, 2.24) is 5.06 Å². The average molecular weight is 276 g/mol. The summed E-state index contributed by atoms with van der Waals surface area (Å²) in [5.41, 5.74) is 0.832. The quantitative estimate of drug-likeness (QED) is 0.593. The summed E-state index contributed by atoms with van der Waals surface area (Å²) in [6, 6.07) is 5.81. The maximum atomic E-state index is 12.9. The van der Waals surface area contributed by atoms with Crippen LogP contribution in [0.4, 0.5) is 4.39 Å². The molecule has 0 saturated heterocycles. The molecule has 1 aromatic rings. The zero-order chi connectivity index (χ0) is 12.6. The lowest BCUT2D eigenvalue weighted by Gasteiger charge is -2.32. The molecule has 1 heterocycles. The second-order valence-electron chi connectivity index (χ2n) is 4.30. The van der Waals surface area contributed by atoms with Crippen molar-refractivity contribution in [3.8, 4) is 0 Å². The van der Waals surface area contributed by atoms with E-state index in [0.29, 0.717) is 5.03 Å². The molecule has 17 heavy (non-hydrogen) atoms. The number of hydrogen-bond acceptors (Lipinski definition) is 2. The molecule has 1 unspecified atom stereocenters. The Morgan fingerprint density at radius 1 is 1.29 bits per heavy atom. The Labute approximate surface area is 110 Å². The number of benzene rings is 1. The van der Waals surface area contributed by atoms with Crippen LogP contribution in [0.1, 0.15) is 25.5 Å². The molecule has 0 N–H and O–H groups in total. The third kappa shape index (κ3) is 2.57. The molecule has 0 fully saturated rings. The van der Waals surface area contributed by atoms with E-state index in [-0.39, 0.29) is 11.9 Å². The van der Waals surface area contributed by atoms with E-state index in [9.17, 15) is 4.39 Å². The third-order valence-electron chi connectivity index (χ3n) is 2.48. The predicted molar refractivity (Wildman–Crippen MR) is 65.9 cm³/mol. The Kier molecular flexibility index (Phi) is 3.34. The second-order valence-corrected chi connectivity index (χ2v) is 5.66. The van der Waals surface area contributed by atoms with Gasteiger partial charge in [-0.25, -0.2) is 4.39 Å². The molecule has 2 nitrogen and oxygen atoms in total. The molecule has 0 aliphatic carbocycles. The van der Waals surface area contributed by atoms with Crippen molar-refractivity contribution in [2.24, 2.45) is 0 Å². The van der Waals surface area contributed by atoms with E-state index >= 15 is 0 Å². The van der Waals surface area contributed by atoms with Gasteiger partial charge >= 0.3 is 0 Å². The van der Waals surface area contributed by atoms with Crippen LogP contribution >= 0.6 is 23.2 Å². The highest BCUT2D eigenvalue weighted by molar-refractivity contribution is 6.30. The summed E-state index contributed by atoms with van der Waals surface area (Å²) in [7, 11) is 0. The first kappa shape index (κ1) is 12.7. The van der Waals surface area contributed by atoms with Crippen molar-refractivity contribution >= 4 is 23.2 Å². The highest BCUT2D eigenvalue weighted by Gasteiger charge is 2.39. The maximum absolute atomic E-state index is 12.9. The van der Waals surface area contributed by atoms with E-state index in [0.717, 1.165) is 5.56 Å². The van der Waals surface area contributed by atoms with Gasteiger partial charge in [0.25, 0.3) is 0 Å². The molecule has 1 aromatic carbocycles. The van der Waals surface area contributed by atoms with E-state index in [2.05, 4.69) is 0 Å². The van der Waals surface area contributed by atoms with E-state index in [4.69, 9.17) is 28.0 Å². The van der Waals surface area contributed by atoms with Crippen LogP contribution in [0.5, 0.6) is 0 Å². The van der Waals surface area contributed by atoms with Gasteiger partial charge < -0.3 is 4.84 Å². The van der Waals surface area contributed by atoms with Gasteiger partial charge in [-0.3, -0.25) is 0 Å². The van der Waals surface area contributed by atoms with Crippen molar-refractivity contribution in [3.63, 3.8) is 0 Å². The summed E-state index contributed by atoms with van der Waals surface area (Å²) in [5.74, 6) is -0.288. The molecular weight excluding hydrogens is 264 g/mol. The molecule has 1 aliphatic heterocycles. The fraction of sp³-hybridized carbons (Fsp3) is 0.333. The number of alkyl halides is 1. The molecule has 1 aliphatic rings. The van der Waals surface area contributed by atoms with Crippen LogP contribution in [0.15, 0.2) is 35.6 Å². The smallest absolute Gasteiger partial charge is 0.128 e. The molecule has 5 heteroatoms. The number of hydrogen-bond donors (Lipinski definition) is 0. The number of hydroxylamine groups is 2. The van der Waals surface area contributed by atoms with E-state index in [1.807, 2.05) is 0 Å². The largest absolute Gasteiger partial charge is 0.410 e. The minimum atomic E-state index is -0.716. The lowest BCUT2D eigenvalue weighted by molar-refractivity contribution is -0.145. The lowest BCUT2D eigenvalue weighted by Crippen LogP contribution is -2.38. The van der Waals surface area contributed by atoms with E-state index in [1.165, 1.54) is 18.4 Å². The highest BCUT2D eigenvalue weighted by Crippen LogP contribution is 2.42. The molecule has 0 aromatic heterocycles. The Morgan fingerprint density at radius 2 is 1.88 bits per heavy atom. The molecular formula is C12H12Cl2FNO. The van der Waals surface area contributed by atoms with Crippen LogP contribution in [0.25, 0.3) is 0 Å². The normalized spacial score (nSPS) is 21.2. The van der Waals surface area contributed by atoms with Crippen LogP contribution < -0.4 is 0 Å². The third-order valence-corrected chi connectivity index (χ3v) is 2.95. The molecule has 0 spiro atoms. The molecule has 0 bridgehead atoms. The van der Waals surface area contributed by atoms with Gasteiger partial charge in [-0.1, -0.05) is 35.3 Å². The summed E-state index contributed by atoms with van der Waals surface area (Å²) in [5, 5.41) is 2.09. The molecule has 0 amide bonds. The monoisotopic (exact) mass is 275 g/mol. The minimum absolute atomic E-state index is 0.288. The van der Waals surface area contributed by atoms with Gasteiger partial charge in [-0.2, -0.15) is 0 Å². The fourth-order valence-corrected chi connectivity index (χ4v) is 2.11. The summed E-state index contributed by atoms with van der Waals surface area (Å²) in [4.78, 5) is 4.62. The van der Waals surface area contributed by atoms with Gasteiger partial charge in [-0.15, -0.1) is 5.06 Å².